The molecule has 4 aromatic rings. The molecule has 0 aliphatic carbocycles. The second-order valence-electron chi connectivity index (χ2n) is 7.34. The number of fused-ring (bicyclic) bond motifs is 1. The van der Waals surface area contributed by atoms with Crippen molar-refractivity contribution in [2.75, 3.05) is 16.8 Å². The fourth-order valence-electron chi connectivity index (χ4n) is 3.16. The average Bonchev–Trinajstić information content (AvgIpc) is 3.16. The lowest BCUT2D eigenvalue weighted by atomic mass is 10.1. The smallest absolute Gasteiger partial charge is 0.412 e. The van der Waals surface area contributed by atoms with Crippen molar-refractivity contribution >= 4 is 35.4 Å². The topological polar surface area (TPSA) is 184 Å². The van der Waals surface area contributed by atoms with Crippen LogP contribution in [0.1, 0.15) is 25.2 Å². The zero-order valence-corrected chi connectivity index (χ0v) is 18.8. The molecule has 3 heterocycles. The van der Waals surface area contributed by atoms with Crippen molar-refractivity contribution in [1.29, 1.82) is 0 Å². The number of hydrogen-bond acceptors (Lipinski definition) is 9. The van der Waals surface area contributed by atoms with E-state index in [0.717, 1.165) is 0 Å². The Morgan fingerprint density at radius 1 is 1.17 bits per heavy atom. The number of anilines is 3. The van der Waals surface area contributed by atoms with Gasteiger partial charge in [0.15, 0.2) is 17.5 Å². The molecule has 12 nitrogen and oxygen atoms in total. The Morgan fingerprint density at radius 2 is 1.83 bits per heavy atom. The fourth-order valence-corrected chi connectivity index (χ4v) is 3.16. The molecule has 0 aliphatic heterocycles. The van der Waals surface area contributed by atoms with Crippen molar-refractivity contribution in [1.82, 2.24) is 24.6 Å². The summed E-state index contributed by atoms with van der Waals surface area (Å²) in [7, 11) is 0. The van der Waals surface area contributed by atoms with Crippen LogP contribution in [0.2, 0.25) is 0 Å². The molecule has 3 aromatic heterocycles. The second kappa shape index (κ2) is 10.9. The molecule has 13 heteroatoms. The molecule has 0 atom stereocenters. The van der Waals surface area contributed by atoms with Gasteiger partial charge in [-0.2, -0.15) is 5.10 Å². The number of benzene rings is 1. The Bertz CT molecular complexity index is 1340. The molecule has 1 aromatic carbocycles. The molecule has 6 N–H and O–H groups in total. The summed E-state index contributed by atoms with van der Waals surface area (Å²) in [4.78, 5) is 33.4. The first kappa shape index (κ1) is 24.8. The zero-order chi connectivity index (χ0) is 25.5. The molecule has 0 spiro atoms. The molecule has 0 fully saturated rings. The van der Waals surface area contributed by atoms with Gasteiger partial charge in [0.1, 0.15) is 23.0 Å². The molecule has 0 aliphatic rings. The highest BCUT2D eigenvalue weighted by Gasteiger charge is 2.21. The van der Waals surface area contributed by atoms with Gasteiger partial charge in [-0.1, -0.05) is 18.2 Å². The van der Waals surface area contributed by atoms with Crippen LogP contribution < -0.4 is 16.8 Å². The predicted octanol–water partition coefficient (Wildman–Crippen LogP) is 2.74. The number of rotatable bonds is 5. The minimum atomic E-state index is -0.724. The van der Waals surface area contributed by atoms with Crippen LogP contribution >= 0.6 is 0 Å². The van der Waals surface area contributed by atoms with Gasteiger partial charge in [0.05, 0.1) is 11.6 Å². The lowest BCUT2D eigenvalue weighted by Crippen LogP contribution is -2.20. The Kier molecular flexibility index (Phi) is 7.71. The van der Waals surface area contributed by atoms with Crippen LogP contribution in [-0.2, 0) is 16.0 Å². The Hall–Kier alpha value is -4.81. The van der Waals surface area contributed by atoms with Gasteiger partial charge in [0.25, 0.3) is 6.47 Å². The summed E-state index contributed by atoms with van der Waals surface area (Å²) in [6.07, 6.45) is 0.755. The standard InChI is InChI=1S/C21H21FN8O2.CH2O2/c1-11(2)32-21(31)27-17-18(23)28-20(29-19(17)24)16-14-8-5-9-25-30(14)15(26-16)10-12-6-3-4-7-13(12)22;2-1-3/h3-9,11H,10H2,1-2H3,(H,27,31)(H4,23,24,28,29);1H,(H,2,3). The monoisotopic (exact) mass is 482 g/mol. The number of nitrogens with zero attached hydrogens (tertiary/aromatic N) is 5. The number of nitrogens with two attached hydrogens (primary N) is 2. The Balaban J connectivity index is 0.00000108. The molecular formula is C22H23FN8O4. The van der Waals surface area contributed by atoms with Crippen LogP contribution in [0.15, 0.2) is 42.6 Å². The van der Waals surface area contributed by atoms with E-state index >= 15 is 0 Å². The van der Waals surface area contributed by atoms with E-state index in [4.69, 9.17) is 26.1 Å². The Labute approximate surface area is 198 Å². The summed E-state index contributed by atoms with van der Waals surface area (Å²) >= 11 is 0. The third-order valence-electron chi connectivity index (χ3n) is 4.53. The summed E-state index contributed by atoms with van der Waals surface area (Å²) in [5.41, 5.74) is 13.6. The maximum Gasteiger partial charge on any atom is 0.412 e. The summed E-state index contributed by atoms with van der Waals surface area (Å²) in [5.74, 6) is 0.204. The summed E-state index contributed by atoms with van der Waals surface area (Å²) in [6, 6.07) is 9.96. The maximum atomic E-state index is 14.2. The van der Waals surface area contributed by atoms with Gasteiger partial charge in [-0.15, -0.1) is 0 Å². The van der Waals surface area contributed by atoms with E-state index in [9.17, 15) is 9.18 Å². The van der Waals surface area contributed by atoms with E-state index in [0.29, 0.717) is 22.6 Å². The van der Waals surface area contributed by atoms with Gasteiger partial charge in [-0.25, -0.2) is 28.7 Å². The molecule has 4 rings (SSSR count). The molecule has 35 heavy (non-hydrogen) atoms. The van der Waals surface area contributed by atoms with Crippen LogP contribution in [-0.4, -0.2) is 48.3 Å². The van der Waals surface area contributed by atoms with Crippen LogP contribution in [0.25, 0.3) is 17.0 Å². The van der Waals surface area contributed by atoms with Crippen molar-refractivity contribution < 1.29 is 23.8 Å². The fraction of sp³-hybridized carbons (Fsp3) is 0.182. The van der Waals surface area contributed by atoms with E-state index in [1.165, 1.54) is 6.07 Å². The average molecular weight is 482 g/mol. The zero-order valence-electron chi connectivity index (χ0n) is 18.8. The van der Waals surface area contributed by atoms with Crippen molar-refractivity contribution in [2.24, 2.45) is 0 Å². The van der Waals surface area contributed by atoms with E-state index in [1.807, 2.05) is 0 Å². The van der Waals surface area contributed by atoms with Crippen LogP contribution in [0, 0.1) is 5.82 Å². The van der Waals surface area contributed by atoms with Crippen molar-refractivity contribution in [3.05, 3.63) is 59.8 Å². The largest absolute Gasteiger partial charge is 0.483 e. The van der Waals surface area contributed by atoms with E-state index in [2.05, 4.69) is 25.4 Å². The minimum absolute atomic E-state index is 0.0473. The van der Waals surface area contributed by atoms with E-state index in [1.54, 1.807) is 54.9 Å². The van der Waals surface area contributed by atoms with E-state index in [-0.39, 0.29) is 48.0 Å². The van der Waals surface area contributed by atoms with Gasteiger partial charge in [-0.05, 0) is 37.6 Å². The Morgan fingerprint density at radius 3 is 2.46 bits per heavy atom. The predicted molar refractivity (Wildman–Crippen MR) is 126 cm³/mol. The molecule has 0 unspecified atom stereocenters. The van der Waals surface area contributed by atoms with Crippen molar-refractivity contribution in [3.63, 3.8) is 0 Å². The number of aromatic nitrogens is 5. The van der Waals surface area contributed by atoms with Gasteiger partial charge in [0, 0.05) is 12.6 Å². The molecular weight excluding hydrogens is 459 g/mol. The number of carboxylic acid groups (broad SMARTS) is 1. The number of carbonyl (C=O) groups excluding carboxylic acids is 1. The third kappa shape index (κ3) is 5.76. The van der Waals surface area contributed by atoms with E-state index < -0.39 is 6.09 Å². The first-order chi connectivity index (χ1) is 16.7. The first-order valence-corrected chi connectivity index (χ1v) is 10.3. The number of imidazole rings is 1. The van der Waals surface area contributed by atoms with Crippen LogP contribution in [0.4, 0.5) is 26.5 Å². The highest BCUT2D eigenvalue weighted by molar-refractivity contribution is 5.93. The second-order valence-corrected chi connectivity index (χ2v) is 7.34. The molecule has 182 valence electrons. The first-order valence-electron chi connectivity index (χ1n) is 10.3. The number of amides is 1. The summed E-state index contributed by atoms with van der Waals surface area (Å²) in [5, 5.41) is 13.7. The highest BCUT2D eigenvalue weighted by atomic mass is 19.1. The highest BCUT2D eigenvalue weighted by Crippen LogP contribution is 2.29. The normalized spacial score (nSPS) is 10.5. The number of carbonyl (C=O) groups is 2. The molecule has 1 amide bonds. The lowest BCUT2D eigenvalue weighted by molar-refractivity contribution is -0.122. The third-order valence-corrected chi connectivity index (χ3v) is 4.53. The minimum Gasteiger partial charge on any atom is -0.483 e. The number of halogens is 1. The molecule has 0 saturated carbocycles. The SMILES string of the molecule is CC(C)OC(=O)Nc1c(N)nc(-c2nc(Cc3ccccc3F)n3ncccc23)nc1N.O=CO. The molecule has 0 bridgehead atoms. The summed E-state index contributed by atoms with van der Waals surface area (Å²) in [6.45, 7) is 3.17. The van der Waals surface area contributed by atoms with Crippen LogP contribution in [0.5, 0.6) is 0 Å². The van der Waals surface area contributed by atoms with Gasteiger partial charge < -0.3 is 21.3 Å². The van der Waals surface area contributed by atoms with Crippen molar-refractivity contribution in [2.45, 2.75) is 26.4 Å². The lowest BCUT2D eigenvalue weighted by Gasteiger charge is -2.12. The van der Waals surface area contributed by atoms with Gasteiger partial charge in [-0.3, -0.25) is 10.1 Å². The quantitative estimate of drug-likeness (QED) is 0.308. The number of nitrogens with one attached hydrogen (secondary N) is 1. The summed E-state index contributed by atoms with van der Waals surface area (Å²) < 4.78 is 20.8. The number of ether oxygens (including phenoxy) is 1. The maximum absolute atomic E-state index is 14.2. The number of hydrogen-bond donors (Lipinski definition) is 4. The van der Waals surface area contributed by atoms with Gasteiger partial charge >= 0.3 is 6.09 Å². The van der Waals surface area contributed by atoms with Crippen molar-refractivity contribution in [3.8, 4) is 11.5 Å². The number of nitrogen functional groups attached to an aromatic ring is 2. The molecule has 0 radical (unpaired) electrons. The van der Waals surface area contributed by atoms with Crippen LogP contribution in [0.3, 0.4) is 0 Å². The van der Waals surface area contributed by atoms with Gasteiger partial charge in [0.2, 0.25) is 0 Å². The molecule has 0 saturated heterocycles.